The van der Waals surface area contributed by atoms with Crippen molar-refractivity contribution in [3.8, 4) is 0 Å². The van der Waals surface area contributed by atoms with Gasteiger partial charge in [0.25, 0.3) is 0 Å². The second-order valence-electron chi connectivity index (χ2n) is 5.91. The van der Waals surface area contributed by atoms with Crippen molar-refractivity contribution in [2.24, 2.45) is 16.9 Å². The molecule has 0 unspecified atom stereocenters. The molecule has 4 N–H and O–H groups in total. The fraction of sp³-hybridized carbons (Fsp3) is 0.875. The maximum atomic E-state index is 11.9. The highest BCUT2D eigenvalue weighted by Gasteiger charge is 2.37. The third-order valence-electron chi connectivity index (χ3n) is 4.05. The van der Waals surface area contributed by atoms with Gasteiger partial charge >= 0.3 is 0 Å². The zero-order valence-electron chi connectivity index (χ0n) is 13.2. The first-order valence-electron chi connectivity index (χ1n) is 8.06. The molecular weight excluding hydrogens is 252 g/mol. The molecule has 118 valence electrons. The Bertz CT molecular complexity index is 278. The normalized spacial score (nSPS) is 11.5. The van der Waals surface area contributed by atoms with Gasteiger partial charge in [-0.1, -0.05) is 65.2 Å². The summed E-state index contributed by atoms with van der Waals surface area (Å²) >= 11 is 0. The van der Waals surface area contributed by atoms with Crippen LogP contribution >= 0.6 is 0 Å². The fourth-order valence-electron chi connectivity index (χ4n) is 2.75. The van der Waals surface area contributed by atoms with Crippen molar-refractivity contribution in [2.75, 3.05) is 0 Å². The lowest BCUT2D eigenvalue weighted by Gasteiger charge is -2.29. The monoisotopic (exact) mass is 284 g/mol. The van der Waals surface area contributed by atoms with Crippen LogP contribution in [0.25, 0.3) is 0 Å². The molecule has 0 bridgehead atoms. The summed E-state index contributed by atoms with van der Waals surface area (Å²) < 4.78 is 0. The van der Waals surface area contributed by atoms with Crippen LogP contribution in [0.2, 0.25) is 0 Å². The van der Waals surface area contributed by atoms with Crippen molar-refractivity contribution < 1.29 is 9.59 Å². The van der Waals surface area contributed by atoms with E-state index < -0.39 is 11.3 Å². The van der Waals surface area contributed by atoms with Crippen LogP contribution in [0.4, 0.5) is 0 Å². The minimum atomic E-state index is -0.715. The average molecular weight is 284 g/mol. The minimum Gasteiger partial charge on any atom is -0.370 e. The fourth-order valence-corrected chi connectivity index (χ4v) is 2.75. The van der Waals surface area contributed by atoms with Gasteiger partial charge in [0.1, 0.15) is 0 Å². The molecule has 4 nitrogen and oxygen atoms in total. The van der Waals surface area contributed by atoms with Gasteiger partial charge in [0.05, 0.1) is 5.41 Å². The van der Waals surface area contributed by atoms with Crippen LogP contribution in [0.3, 0.4) is 0 Å². The molecular formula is C16H32N2O2. The highest BCUT2D eigenvalue weighted by molar-refractivity contribution is 5.87. The first-order valence-corrected chi connectivity index (χ1v) is 8.06. The third kappa shape index (κ3) is 7.51. The van der Waals surface area contributed by atoms with Gasteiger partial charge in [0.15, 0.2) is 0 Å². The molecule has 20 heavy (non-hydrogen) atoms. The van der Waals surface area contributed by atoms with E-state index in [1.807, 2.05) is 0 Å². The van der Waals surface area contributed by atoms with E-state index in [1.165, 1.54) is 0 Å². The third-order valence-corrected chi connectivity index (χ3v) is 4.05. The first kappa shape index (κ1) is 18.9. The highest BCUT2D eigenvalue weighted by Crippen LogP contribution is 2.35. The summed E-state index contributed by atoms with van der Waals surface area (Å²) in [5.74, 6) is -0.779. The van der Waals surface area contributed by atoms with E-state index in [4.69, 9.17) is 11.5 Å². The summed E-state index contributed by atoms with van der Waals surface area (Å²) in [6.07, 6.45) is 10.1. The van der Waals surface area contributed by atoms with Crippen LogP contribution < -0.4 is 11.5 Å². The van der Waals surface area contributed by atoms with Crippen LogP contribution in [0.15, 0.2) is 0 Å². The average Bonchev–Trinajstić information content (AvgIpc) is 2.38. The molecule has 4 heteroatoms. The van der Waals surface area contributed by atoms with Gasteiger partial charge in [-0.15, -0.1) is 0 Å². The Morgan fingerprint density at radius 3 is 1.55 bits per heavy atom. The number of carbonyl (C=O) groups excluding carboxylic acids is 2. The molecule has 0 aliphatic heterocycles. The van der Waals surface area contributed by atoms with E-state index >= 15 is 0 Å². The number of amides is 2. The number of nitrogens with two attached hydrogens (primary N) is 2. The lowest BCUT2D eigenvalue weighted by molar-refractivity contribution is -0.134. The van der Waals surface area contributed by atoms with Gasteiger partial charge < -0.3 is 11.5 Å². The second kappa shape index (κ2) is 10.7. The summed E-state index contributed by atoms with van der Waals surface area (Å²) in [7, 11) is 0. The highest BCUT2D eigenvalue weighted by atomic mass is 16.2. The molecule has 0 heterocycles. The number of carbonyl (C=O) groups is 2. The van der Waals surface area contributed by atoms with Gasteiger partial charge in [0, 0.05) is 6.42 Å². The van der Waals surface area contributed by atoms with Crippen molar-refractivity contribution in [1.82, 2.24) is 0 Å². The zero-order chi connectivity index (χ0) is 15.4. The molecule has 0 aromatic carbocycles. The number of rotatable bonds is 13. The van der Waals surface area contributed by atoms with Crippen molar-refractivity contribution in [2.45, 2.75) is 84.5 Å². The van der Waals surface area contributed by atoms with Crippen molar-refractivity contribution >= 4 is 11.8 Å². The Morgan fingerprint density at radius 1 is 0.800 bits per heavy atom. The van der Waals surface area contributed by atoms with E-state index in [0.717, 1.165) is 51.4 Å². The van der Waals surface area contributed by atoms with Crippen LogP contribution in [-0.2, 0) is 9.59 Å². The van der Waals surface area contributed by atoms with Crippen LogP contribution in [-0.4, -0.2) is 11.8 Å². The Hall–Kier alpha value is -1.06. The Labute approximate surface area is 123 Å². The zero-order valence-corrected chi connectivity index (χ0v) is 13.2. The Kier molecular flexibility index (Phi) is 10.1. The van der Waals surface area contributed by atoms with Gasteiger partial charge in [-0.3, -0.25) is 9.59 Å². The van der Waals surface area contributed by atoms with Crippen LogP contribution in [0.1, 0.15) is 84.5 Å². The predicted octanol–water partition coefficient (Wildman–Crippen LogP) is 3.27. The second-order valence-corrected chi connectivity index (χ2v) is 5.91. The smallest absolute Gasteiger partial charge is 0.224 e. The maximum Gasteiger partial charge on any atom is 0.224 e. The molecule has 0 aromatic heterocycles. The number of hydrogen-bond donors (Lipinski definition) is 2. The van der Waals surface area contributed by atoms with E-state index in [1.54, 1.807) is 0 Å². The summed E-state index contributed by atoms with van der Waals surface area (Å²) in [5, 5.41) is 0. The van der Waals surface area contributed by atoms with Crippen LogP contribution in [0, 0.1) is 5.41 Å². The van der Waals surface area contributed by atoms with Crippen LogP contribution in [0.5, 0.6) is 0 Å². The van der Waals surface area contributed by atoms with E-state index in [-0.39, 0.29) is 12.3 Å². The number of unbranched alkanes of at least 4 members (excludes halogenated alkanes) is 6. The Morgan fingerprint density at radius 2 is 1.25 bits per heavy atom. The Balaban J connectivity index is 4.58. The number of hydrogen-bond acceptors (Lipinski definition) is 2. The summed E-state index contributed by atoms with van der Waals surface area (Å²) in [6.45, 7) is 4.30. The van der Waals surface area contributed by atoms with E-state index in [2.05, 4.69) is 13.8 Å². The summed E-state index contributed by atoms with van der Waals surface area (Å²) in [5.41, 5.74) is 10.2. The predicted molar refractivity (Wildman–Crippen MR) is 83.0 cm³/mol. The first-order chi connectivity index (χ1) is 9.48. The summed E-state index contributed by atoms with van der Waals surface area (Å²) in [6, 6.07) is 0. The lowest BCUT2D eigenvalue weighted by atomic mass is 9.74. The largest absolute Gasteiger partial charge is 0.370 e. The molecule has 0 atom stereocenters. The molecule has 0 fully saturated rings. The van der Waals surface area contributed by atoms with E-state index in [0.29, 0.717) is 12.8 Å². The molecule has 0 spiro atoms. The van der Waals surface area contributed by atoms with Crippen molar-refractivity contribution in [1.29, 1.82) is 0 Å². The number of primary amides is 2. The SMILES string of the molecule is CCCCCCC(CCCCCC)(CC(N)=O)C(N)=O. The van der Waals surface area contributed by atoms with Crippen molar-refractivity contribution in [3.05, 3.63) is 0 Å². The lowest BCUT2D eigenvalue weighted by Crippen LogP contribution is -2.40. The topological polar surface area (TPSA) is 86.2 Å². The van der Waals surface area contributed by atoms with Gasteiger partial charge in [-0.25, -0.2) is 0 Å². The standard InChI is InChI=1S/C16H32N2O2/c1-3-5-7-9-11-16(15(18)20,13-14(17)19)12-10-8-6-4-2/h3-13H2,1-2H3,(H2,17,19)(H2,18,20). The quantitative estimate of drug-likeness (QED) is 0.508. The summed E-state index contributed by atoms with van der Waals surface area (Å²) in [4.78, 5) is 23.2. The molecule has 0 aromatic rings. The molecule has 0 saturated carbocycles. The minimum absolute atomic E-state index is 0.0978. The molecule has 0 aliphatic carbocycles. The molecule has 0 radical (unpaired) electrons. The van der Waals surface area contributed by atoms with Gasteiger partial charge in [-0.05, 0) is 12.8 Å². The van der Waals surface area contributed by atoms with Crippen molar-refractivity contribution in [3.63, 3.8) is 0 Å². The van der Waals surface area contributed by atoms with Gasteiger partial charge in [-0.2, -0.15) is 0 Å². The molecule has 0 aliphatic rings. The van der Waals surface area contributed by atoms with Gasteiger partial charge in [0.2, 0.25) is 11.8 Å². The van der Waals surface area contributed by atoms with E-state index in [9.17, 15) is 9.59 Å². The molecule has 2 amide bonds. The molecule has 0 saturated heterocycles. The molecule has 0 rings (SSSR count). The maximum absolute atomic E-state index is 11.9.